The molecule has 1 unspecified atom stereocenters. The van der Waals surface area contributed by atoms with Gasteiger partial charge in [-0.15, -0.1) is 0 Å². The Morgan fingerprint density at radius 3 is 2.90 bits per heavy atom. The zero-order valence-electron chi connectivity index (χ0n) is 16.9. The number of aryl methyl sites for hydroxylation is 3. The summed E-state index contributed by atoms with van der Waals surface area (Å²) in [6.07, 6.45) is 5.60. The Hall–Kier alpha value is -3.09. The molecule has 1 atom stereocenters. The highest BCUT2D eigenvalue weighted by molar-refractivity contribution is 5.86. The maximum atomic E-state index is 12.4. The average molecular weight is 395 g/mol. The molecule has 7 heteroatoms. The molecule has 29 heavy (non-hydrogen) atoms. The van der Waals surface area contributed by atoms with Crippen LogP contribution in [0.5, 0.6) is 5.75 Å². The van der Waals surface area contributed by atoms with E-state index in [9.17, 15) is 9.59 Å². The zero-order valence-corrected chi connectivity index (χ0v) is 16.9. The second-order valence-corrected chi connectivity index (χ2v) is 7.45. The summed E-state index contributed by atoms with van der Waals surface area (Å²) in [7, 11) is 0. The van der Waals surface area contributed by atoms with Gasteiger partial charge in [0, 0.05) is 41.4 Å². The quantitative estimate of drug-likeness (QED) is 0.649. The standard InChI is InChI=1S/C22H25N3O4/c1-4-25-12-15(11-24-25)10-23-21(26)14(3)28-19-9-8-17-16-6-5-7-18(16)22(27)29-20(17)13(19)2/h8-9,11-12,14H,4-7,10H2,1-3H3,(H,23,26). The minimum Gasteiger partial charge on any atom is -0.480 e. The molecule has 1 amide bonds. The number of carbonyl (C=O) groups is 1. The van der Waals surface area contributed by atoms with E-state index in [0.717, 1.165) is 53.4 Å². The number of hydrogen-bond donors (Lipinski definition) is 1. The summed E-state index contributed by atoms with van der Waals surface area (Å²) < 4.78 is 13.3. The van der Waals surface area contributed by atoms with Crippen LogP contribution in [0.15, 0.2) is 33.7 Å². The molecule has 1 aromatic carbocycles. The molecule has 0 aliphatic heterocycles. The van der Waals surface area contributed by atoms with Gasteiger partial charge in [0.15, 0.2) is 6.10 Å². The average Bonchev–Trinajstić information content (AvgIpc) is 3.38. The van der Waals surface area contributed by atoms with Gasteiger partial charge in [-0.25, -0.2) is 4.79 Å². The highest BCUT2D eigenvalue weighted by Crippen LogP contribution is 2.33. The van der Waals surface area contributed by atoms with E-state index in [2.05, 4.69) is 10.4 Å². The van der Waals surface area contributed by atoms with Gasteiger partial charge in [0.25, 0.3) is 5.91 Å². The molecule has 0 fully saturated rings. The molecule has 0 saturated heterocycles. The van der Waals surface area contributed by atoms with Crippen molar-refractivity contribution in [2.24, 2.45) is 0 Å². The van der Waals surface area contributed by atoms with Crippen LogP contribution < -0.4 is 15.7 Å². The zero-order chi connectivity index (χ0) is 20.5. The summed E-state index contributed by atoms with van der Waals surface area (Å²) in [5.41, 5.74) is 3.84. The van der Waals surface area contributed by atoms with Gasteiger partial charge in [0.2, 0.25) is 0 Å². The van der Waals surface area contributed by atoms with Crippen molar-refractivity contribution in [2.45, 2.75) is 59.2 Å². The van der Waals surface area contributed by atoms with Gasteiger partial charge in [-0.1, -0.05) is 0 Å². The van der Waals surface area contributed by atoms with E-state index >= 15 is 0 Å². The summed E-state index contributed by atoms with van der Waals surface area (Å²) >= 11 is 0. The number of amides is 1. The number of fused-ring (bicyclic) bond motifs is 3. The molecule has 3 aromatic rings. The van der Waals surface area contributed by atoms with Crippen LogP contribution in [0.2, 0.25) is 0 Å². The summed E-state index contributed by atoms with van der Waals surface area (Å²) in [6.45, 7) is 6.74. The van der Waals surface area contributed by atoms with E-state index < -0.39 is 6.10 Å². The van der Waals surface area contributed by atoms with E-state index in [-0.39, 0.29) is 11.5 Å². The van der Waals surface area contributed by atoms with E-state index in [4.69, 9.17) is 9.15 Å². The smallest absolute Gasteiger partial charge is 0.339 e. The van der Waals surface area contributed by atoms with Crippen LogP contribution in [0, 0.1) is 6.92 Å². The number of carbonyl (C=O) groups excluding carboxylic acids is 1. The Labute approximate surface area is 168 Å². The van der Waals surface area contributed by atoms with Crippen molar-refractivity contribution in [3.63, 3.8) is 0 Å². The van der Waals surface area contributed by atoms with Gasteiger partial charge in [0.1, 0.15) is 11.3 Å². The van der Waals surface area contributed by atoms with Gasteiger partial charge in [-0.05, 0) is 57.7 Å². The SMILES string of the molecule is CCn1cc(CNC(=O)C(C)Oc2ccc3c4c(c(=O)oc3c2C)CCC4)cn1. The Kier molecular flexibility index (Phi) is 5.13. The van der Waals surface area contributed by atoms with Gasteiger partial charge in [0.05, 0.1) is 6.20 Å². The van der Waals surface area contributed by atoms with Crippen LogP contribution in [0.1, 0.15) is 42.5 Å². The minimum absolute atomic E-state index is 0.218. The molecule has 0 bridgehead atoms. The Morgan fingerprint density at radius 1 is 1.34 bits per heavy atom. The lowest BCUT2D eigenvalue weighted by atomic mass is 10.0. The predicted molar refractivity (Wildman–Crippen MR) is 109 cm³/mol. The van der Waals surface area contributed by atoms with Crippen molar-refractivity contribution in [1.82, 2.24) is 15.1 Å². The topological polar surface area (TPSA) is 86.4 Å². The second kappa shape index (κ2) is 7.73. The molecule has 2 aromatic heterocycles. The van der Waals surface area contributed by atoms with Gasteiger partial charge >= 0.3 is 5.63 Å². The molecule has 7 nitrogen and oxygen atoms in total. The molecule has 1 aliphatic rings. The first-order valence-electron chi connectivity index (χ1n) is 10.0. The molecule has 2 heterocycles. The first-order valence-corrected chi connectivity index (χ1v) is 10.0. The second-order valence-electron chi connectivity index (χ2n) is 7.45. The Morgan fingerprint density at radius 2 is 2.14 bits per heavy atom. The normalized spacial score (nSPS) is 14.0. The maximum Gasteiger partial charge on any atom is 0.339 e. The van der Waals surface area contributed by atoms with Crippen molar-refractivity contribution in [3.05, 3.63) is 57.2 Å². The van der Waals surface area contributed by atoms with E-state index in [1.807, 2.05) is 36.9 Å². The lowest BCUT2D eigenvalue weighted by molar-refractivity contribution is -0.127. The molecule has 0 radical (unpaired) electrons. The van der Waals surface area contributed by atoms with Crippen LogP contribution >= 0.6 is 0 Å². The van der Waals surface area contributed by atoms with Crippen LogP contribution in [0.3, 0.4) is 0 Å². The van der Waals surface area contributed by atoms with Crippen LogP contribution in [-0.4, -0.2) is 21.8 Å². The van der Waals surface area contributed by atoms with Gasteiger partial charge in [-0.3, -0.25) is 9.48 Å². The van der Waals surface area contributed by atoms with Crippen LogP contribution in [-0.2, 0) is 30.7 Å². The molecular weight excluding hydrogens is 370 g/mol. The van der Waals surface area contributed by atoms with Crippen molar-refractivity contribution in [1.29, 1.82) is 0 Å². The molecular formula is C22H25N3O4. The van der Waals surface area contributed by atoms with E-state index in [1.54, 1.807) is 13.1 Å². The van der Waals surface area contributed by atoms with Gasteiger partial charge in [-0.2, -0.15) is 5.10 Å². The minimum atomic E-state index is -0.687. The number of nitrogens with zero attached hydrogens (tertiary/aromatic N) is 2. The maximum absolute atomic E-state index is 12.4. The number of benzene rings is 1. The molecule has 0 spiro atoms. The van der Waals surface area contributed by atoms with Crippen molar-refractivity contribution in [2.75, 3.05) is 0 Å². The predicted octanol–water partition coefficient (Wildman–Crippen LogP) is 2.89. The highest BCUT2D eigenvalue weighted by Gasteiger charge is 2.22. The monoisotopic (exact) mass is 395 g/mol. The molecule has 0 saturated carbocycles. The fourth-order valence-electron chi connectivity index (χ4n) is 3.84. The van der Waals surface area contributed by atoms with Crippen LogP contribution in [0.4, 0.5) is 0 Å². The third kappa shape index (κ3) is 3.64. The summed E-state index contributed by atoms with van der Waals surface area (Å²) in [4.78, 5) is 24.7. The molecule has 4 rings (SSSR count). The summed E-state index contributed by atoms with van der Waals surface area (Å²) in [5.74, 6) is 0.323. The Bertz CT molecular complexity index is 1130. The number of rotatable bonds is 6. The highest BCUT2D eigenvalue weighted by atomic mass is 16.5. The first kappa shape index (κ1) is 19.2. The third-order valence-corrected chi connectivity index (χ3v) is 5.49. The number of ether oxygens (including phenoxy) is 1. The fraction of sp³-hybridized carbons (Fsp3) is 0.409. The van der Waals surface area contributed by atoms with E-state index in [0.29, 0.717) is 17.9 Å². The Balaban J connectivity index is 1.49. The summed E-state index contributed by atoms with van der Waals surface area (Å²) in [5, 5.41) is 8.03. The van der Waals surface area contributed by atoms with Crippen molar-refractivity contribution < 1.29 is 13.9 Å². The molecule has 152 valence electrons. The third-order valence-electron chi connectivity index (χ3n) is 5.49. The number of aromatic nitrogens is 2. The van der Waals surface area contributed by atoms with Gasteiger partial charge < -0.3 is 14.5 Å². The van der Waals surface area contributed by atoms with E-state index in [1.165, 1.54) is 0 Å². The summed E-state index contributed by atoms with van der Waals surface area (Å²) in [6, 6.07) is 3.78. The van der Waals surface area contributed by atoms with Crippen LogP contribution in [0.25, 0.3) is 11.0 Å². The molecule has 1 aliphatic carbocycles. The fourth-order valence-corrected chi connectivity index (χ4v) is 3.84. The molecule has 1 N–H and O–H groups in total. The largest absolute Gasteiger partial charge is 0.480 e. The number of hydrogen-bond acceptors (Lipinski definition) is 5. The van der Waals surface area contributed by atoms with Crippen molar-refractivity contribution in [3.8, 4) is 5.75 Å². The lowest BCUT2D eigenvalue weighted by Crippen LogP contribution is -2.36. The lowest BCUT2D eigenvalue weighted by Gasteiger charge is -2.17. The number of nitrogens with one attached hydrogen (secondary N) is 1. The first-order chi connectivity index (χ1) is 14.0. The van der Waals surface area contributed by atoms with Crippen molar-refractivity contribution >= 4 is 16.9 Å².